The second-order valence-corrected chi connectivity index (χ2v) is 7.06. The molecule has 1 aromatic rings. The number of halogens is 2. The topological polar surface area (TPSA) is 55.4 Å². The number of carbonyl (C=O) groups is 2. The molecule has 0 saturated heterocycles. The molecule has 1 N–H and O–H groups in total. The third-order valence-corrected chi connectivity index (χ3v) is 5.03. The van der Waals surface area contributed by atoms with Crippen molar-refractivity contribution in [3.05, 3.63) is 34.1 Å². The lowest BCUT2D eigenvalue weighted by atomic mass is 9.78. The normalized spacial score (nSPS) is 24.1. The van der Waals surface area contributed by atoms with Crippen molar-refractivity contribution in [1.29, 1.82) is 0 Å². The number of ether oxygens (including phenoxy) is 1. The fourth-order valence-electron chi connectivity index (χ4n) is 2.90. The molecule has 0 aliphatic heterocycles. The van der Waals surface area contributed by atoms with Gasteiger partial charge in [0.1, 0.15) is 5.82 Å². The van der Waals surface area contributed by atoms with E-state index in [4.69, 9.17) is 4.74 Å². The number of hydrogen-bond donors (Lipinski definition) is 1. The molecular weight excluding hydrogens is 365 g/mol. The smallest absolute Gasteiger partial charge is 0.341 e. The number of rotatable bonds is 4. The number of carbonyl (C=O) groups excluding carboxylic acids is 2. The monoisotopic (exact) mass is 385 g/mol. The fraction of sp³-hybridized carbons (Fsp3) is 0.529. The highest BCUT2D eigenvalue weighted by atomic mass is 79.9. The Morgan fingerprint density at radius 3 is 2.83 bits per heavy atom. The van der Waals surface area contributed by atoms with Crippen LogP contribution in [0, 0.1) is 17.7 Å². The minimum Gasteiger partial charge on any atom is -0.452 e. The maximum atomic E-state index is 13.6. The van der Waals surface area contributed by atoms with Gasteiger partial charge in [-0.15, -0.1) is 0 Å². The summed E-state index contributed by atoms with van der Waals surface area (Å²) < 4.78 is 19.1. The summed E-state index contributed by atoms with van der Waals surface area (Å²) in [4.78, 5) is 23.8. The second-order valence-electron chi connectivity index (χ2n) is 6.14. The van der Waals surface area contributed by atoms with Crippen LogP contribution in [0.4, 0.5) is 4.39 Å². The lowest BCUT2D eigenvalue weighted by Crippen LogP contribution is -2.45. The molecule has 1 aliphatic carbocycles. The number of amides is 1. The van der Waals surface area contributed by atoms with Gasteiger partial charge in [-0.2, -0.15) is 0 Å². The highest BCUT2D eigenvalue weighted by Gasteiger charge is 2.28. The number of benzene rings is 1. The molecule has 1 aromatic carbocycles. The quantitative estimate of drug-likeness (QED) is 0.804. The van der Waals surface area contributed by atoms with E-state index in [-0.39, 0.29) is 17.5 Å². The molecule has 1 saturated carbocycles. The van der Waals surface area contributed by atoms with Gasteiger partial charge in [0.25, 0.3) is 5.91 Å². The van der Waals surface area contributed by atoms with E-state index in [0.717, 1.165) is 12.8 Å². The maximum absolute atomic E-state index is 13.6. The second kappa shape index (κ2) is 7.90. The van der Waals surface area contributed by atoms with Gasteiger partial charge in [0.05, 0.1) is 5.56 Å². The van der Waals surface area contributed by atoms with Crippen LogP contribution in [0.15, 0.2) is 22.7 Å². The summed E-state index contributed by atoms with van der Waals surface area (Å²) in [7, 11) is 0. The molecule has 4 nitrogen and oxygen atoms in total. The maximum Gasteiger partial charge on any atom is 0.341 e. The predicted octanol–water partition coefficient (Wildman–Crippen LogP) is 3.69. The lowest BCUT2D eigenvalue weighted by molar-refractivity contribution is -0.125. The van der Waals surface area contributed by atoms with E-state index in [9.17, 15) is 14.0 Å². The van der Waals surface area contributed by atoms with Gasteiger partial charge in [0.2, 0.25) is 0 Å². The third kappa shape index (κ3) is 4.77. The van der Waals surface area contributed by atoms with Crippen LogP contribution in [-0.4, -0.2) is 24.5 Å². The van der Waals surface area contributed by atoms with Gasteiger partial charge in [-0.1, -0.05) is 42.6 Å². The molecule has 0 spiro atoms. The molecule has 0 heterocycles. The molecule has 0 aromatic heterocycles. The van der Waals surface area contributed by atoms with Crippen molar-refractivity contribution in [1.82, 2.24) is 5.32 Å². The standard InChI is InChI=1S/C17H21BrFNO3/c1-10-4-3-5-15(11(10)2)20-16(21)9-23-17(22)13-8-12(18)6-7-14(13)19/h6-8,10-11,15H,3-5,9H2,1-2H3,(H,20,21)/t10-,11+,15+/m0/s1. The molecule has 3 atom stereocenters. The summed E-state index contributed by atoms with van der Waals surface area (Å²) in [6.07, 6.45) is 3.19. The minimum absolute atomic E-state index is 0.104. The average Bonchev–Trinajstić information content (AvgIpc) is 2.52. The summed E-state index contributed by atoms with van der Waals surface area (Å²) >= 11 is 3.17. The lowest BCUT2D eigenvalue weighted by Gasteiger charge is -2.34. The van der Waals surface area contributed by atoms with E-state index in [1.54, 1.807) is 0 Å². The van der Waals surface area contributed by atoms with Gasteiger partial charge in [-0.05, 0) is 36.5 Å². The van der Waals surface area contributed by atoms with Gasteiger partial charge in [-0.3, -0.25) is 4.79 Å². The van der Waals surface area contributed by atoms with Crippen LogP contribution in [0.5, 0.6) is 0 Å². The van der Waals surface area contributed by atoms with E-state index in [0.29, 0.717) is 16.3 Å². The van der Waals surface area contributed by atoms with E-state index >= 15 is 0 Å². The molecule has 0 bridgehead atoms. The van der Waals surface area contributed by atoms with E-state index < -0.39 is 18.4 Å². The first kappa shape index (κ1) is 17.9. The molecule has 1 aliphatic rings. The van der Waals surface area contributed by atoms with Crippen LogP contribution >= 0.6 is 15.9 Å². The molecule has 2 rings (SSSR count). The molecule has 23 heavy (non-hydrogen) atoms. The van der Waals surface area contributed by atoms with Crippen molar-refractivity contribution >= 4 is 27.8 Å². The van der Waals surface area contributed by atoms with Gasteiger partial charge in [0.15, 0.2) is 6.61 Å². The van der Waals surface area contributed by atoms with E-state index in [2.05, 4.69) is 35.1 Å². The van der Waals surface area contributed by atoms with Gasteiger partial charge < -0.3 is 10.1 Å². The zero-order chi connectivity index (χ0) is 17.0. The largest absolute Gasteiger partial charge is 0.452 e. The fourth-order valence-corrected chi connectivity index (χ4v) is 3.26. The number of nitrogens with one attached hydrogen (secondary N) is 1. The van der Waals surface area contributed by atoms with Crippen molar-refractivity contribution < 1.29 is 18.7 Å². The first-order valence-electron chi connectivity index (χ1n) is 7.80. The molecule has 1 fully saturated rings. The summed E-state index contributed by atoms with van der Waals surface area (Å²) in [5.74, 6) is -0.907. The van der Waals surface area contributed by atoms with Crippen LogP contribution in [0.2, 0.25) is 0 Å². The van der Waals surface area contributed by atoms with Gasteiger partial charge >= 0.3 is 5.97 Å². The molecule has 0 unspecified atom stereocenters. The predicted molar refractivity (Wildman–Crippen MR) is 88.5 cm³/mol. The molecule has 1 amide bonds. The Hall–Kier alpha value is -1.43. The zero-order valence-electron chi connectivity index (χ0n) is 13.3. The summed E-state index contributed by atoms with van der Waals surface area (Å²) in [5, 5.41) is 2.91. The Bertz CT molecular complexity index is 593. The Morgan fingerprint density at radius 1 is 1.35 bits per heavy atom. The first-order chi connectivity index (χ1) is 10.9. The van der Waals surface area contributed by atoms with Crippen molar-refractivity contribution in [3.63, 3.8) is 0 Å². The van der Waals surface area contributed by atoms with Crippen LogP contribution in [-0.2, 0) is 9.53 Å². The molecule has 0 radical (unpaired) electrons. The SMILES string of the molecule is C[C@@H]1[C@@H](C)CCC[C@H]1NC(=O)COC(=O)c1cc(Br)ccc1F. The molecular formula is C17H21BrFNO3. The molecule has 126 valence electrons. The number of hydrogen-bond acceptors (Lipinski definition) is 3. The Kier molecular flexibility index (Phi) is 6.16. The number of esters is 1. The highest BCUT2D eigenvalue weighted by molar-refractivity contribution is 9.10. The van der Waals surface area contributed by atoms with Crippen molar-refractivity contribution in [2.75, 3.05) is 6.61 Å². The average molecular weight is 386 g/mol. The van der Waals surface area contributed by atoms with Gasteiger partial charge in [-0.25, -0.2) is 9.18 Å². The zero-order valence-corrected chi connectivity index (χ0v) is 14.9. The Balaban J connectivity index is 1.86. The summed E-state index contributed by atoms with van der Waals surface area (Å²) in [5.41, 5.74) is -0.188. The van der Waals surface area contributed by atoms with E-state index in [1.807, 2.05) is 0 Å². The Labute approximate surface area is 143 Å². The van der Waals surface area contributed by atoms with Crippen LogP contribution in [0.1, 0.15) is 43.5 Å². The van der Waals surface area contributed by atoms with Crippen molar-refractivity contribution in [2.24, 2.45) is 11.8 Å². The van der Waals surface area contributed by atoms with Crippen LogP contribution in [0.25, 0.3) is 0 Å². The van der Waals surface area contributed by atoms with Crippen LogP contribution in [0.3, 0.4) is 0 Å². The van der Waals surface area contributed by atoms with Crippen molar-refractivity contribution in [3.8, 4) is 0 Å². The van der Waals surface area contributed by atoms with Crippen molar-refractivity contribution in [2.45, 2.75) is 39.2 Å². The van der Waals surface area contributed by atoms with Gasteiger partial charge in [0, 0.05) is 10.5 Å². The van der Waals surface area contributed by atoms with E-state index in [1.165, 1.54) is 24.6 Å². The summed E-state index contributed by atoms with van der Waals surface area (Å²) in [6.45, 7) is 3.90. The summed E-state index contributed by atoms with van der Waals surface area (Å²) in [6, 6.07) is 4.10. The highest BCUT2D eigenvalue weighted by Crippen LogP contribution is 2.29. The van der Waals surface area contributed by atoms with Crippen LogP contribution < -0.4 is 5.32 Å². The third-order valence-electron chi connectivity index (χ3n) is 4.54. The Morgan fingerprint density at radius 2 is 2.09 bits per heavy atom. The first-order valence-corrected chi connectivity index (χ1v) is 8.59. The molecule has 6 heteroatoms. The minimum atomic E-state index is -0.844.